The summed E-state index contributed by atoms with van der Waals surface area (Å²) in [6.07, 6.45) is 1.62. The molecule has 32 heavy (non-hydrogen) atoms. The van der Waals surface area contributed by atoms with Gasteiger partial charge in [0.25, 0.3) is 0 Å². The second-order valence-electron chi connectivity index (χ2n) is 7.91. The molecular weight excluding hydrogens is 404 g/mol. The number of guanidine groups is 1. The van der Waals surface area contributed by atoms with Gasteiger partial charge in [0.15, 0.2) is 5.96 Å². The van der Waals surface area contributed by atoms with Gasteiger partial charge in [0, 0.05) is 31.6 Å². The standard InChI is InChI=1S/C25H34N4O3/c1-5-26-25(28-18(2)22-15-21(31-3)11-12-23(22)32-4)27-16-19-8-6-9-20(14-19)17-29-13-7-10-24(29)30/h6,8-9,11-12,14-15,18H,5,7,10,13,16-17H2,1-4H3,(H2,26,27,28). The van der Waals surface area contributed by atoms with E-state index < -0.39 is 0 Å². The van der Waals surface area contributed by atoms with Crippen LogP contribution in [0.4, 0.5) is 0 Å². The van der Waals surface area contributed by atoms with E-state index in [4.69, 9.17) is 14.5 Å². The fourth-order valence-corrected chi connectivity index (χ4v) is 3.87. The number of methoxy groups -OCH3 is 2. The van der Waals surface area contributed by atoms with Crippen molar-refractivity contribution in [2.45, 2.75) is 45.8 Å². The van der Waals surface area contributed by atoms with Gasteiger partial charge in [0.1, 0.15) is 11.5 Å². The molecule has 172 valence electrons. The van der Waals surface area contributed by atoms with Crippen LogP contribution in [0, 0.1) is 0 Å². The Morgan fingerprint density at radius 3 is 2.66 bits per heavy atom. The monoisotopic (exact) mass is 438 g/mol. The predicted molar refractivity (Wildman–Crippen MR) is 127 cm³/mol. The average molecular weight is 439 g/mol. The Morgan fingerprint density at radius 1 is 1.16 bits per heavy atom. The summed E-state index contributed by atoms with van der Waals surface area (Å²) in [5.74, 6) is 2.55. The Hall–Kier alpha value is -3.22. The highest BCUT2D eigenvalue weighted by Gasteiger charge is 2.20. The first-order valence-electron chi connectivity index (χ1n) is 11.2. The molecule has 1 amide bonds. The number of rotatable bonds is 9. The van der Waals surface area contributed by atoms with Crippen molar-refractivity contribution in [2.75, 3.05) is 27.3 Å². The maximum atomic E-state index is 11.9. The number of carbonyl (C=O) groups excluding carboxylic acids is 1. The summed E-state index contributed by atoms with van der Waals surface area (Å²) in [6.45, 7) is 6.92. The number of hydrogen-bond acceptors (Lipinski definition) is 4. The van der Waals surface area contributed by atoms with Crippen LogP contribution in [0.3, 0.4) is 0 Å². The van der Waals surface area contributed by atoms with Crippen LogP contribution in [-0.4, -0.2) is 44.1 Å². The smallest absolute Gasteiger partial charge is 0.222 e. The molecule has 7 heteroatoms. The molecule has 1 aliphatic heterocycles. The molecule has 1 fully saturated rings. The molecule has 7 nitrogen and oxygen atoms in total. The van der Waals surface area contributed by atoms with Crippen molar-refractivity contribution >= 4 is 11.9 Å². The maximum Gasteiger partial charge on any atom is 0.222 e. The summed E-state index contributed by atoms with van der Waals surface area (Å²) < 4.78 is 10.9. The zero-order chi connectivity index (χ0) is 22.9. The molecule has 0 spiro atoms. The van der Waals surface area contributed by atoms with Gasteiger partial charge in [-0.05, 0) is 49.6 Å². The van der Waals surface area contributed by atoms with Crippen molar-refractivity contribution in [3.8, 4) is 11.5 Å². The van der Waals surface area contributed by atoms with Crippen molar-refractivity contribution < 1.29 is 14.3 Å². The molecule has 1 atom stereocenters. The predicted octanol–water partition coefficient (Wildman–Crippen LogP) is 3.64. The van der Waals surface area contributed by atoms with Crippen molar-refractivity contribution in [2.24, 2.45) is 4.99 Å². The Labute approximate surface area is 190 Å². The van der Waals surface area contributed by atoms with Crippen LogP contribution in [0.2, 0.25) is 0 Å². The largest absolute Gasteiger partial charge is 0.497 e. The van der Waals surface area contributed by atoms with Gasteiger partial charge in [-0.15, -0.1) is 0 Å². The number of benzene rings is 2. The summed E-state index contributed by atoms with van der Waals surface area (Å²) in [6, 6.07) is 14.0. The van der Waals surface area contributed by atoms with E-state index in [1.165, 1.54) is 0 Å². The maximum absolute atomic E-state index is 11.9. The SMILES string of the molecule is CCNC(=NCc1cccc(CN2CCCC2=O)c1)NC(C)c1cc(OC)ccc1OC. The lowest BCUT2D eigenvalue weighted by molar-refractivity contribution is -0.128. The van der Waals surface area contributed by atoms with Crippen LogP contribution in [0.15, 0.2) is 47.5 Å². The number of likely N-dealkylation sites (tertiary alicyclic amines) is 1. The molecule has 0 aromatic heterocycles. The number of nitrogens with one attached hydrogen (secondary N) is 2. The van der Waals surface area contributed by atoms with E-state index in [2.05, 4.69) is 35.8 Å². The van der Waals surface area contributed by atoms with Crippen molar-refractivity contribution in [3.63, 3.8) is 0 Å². The molecule has 3 rings (SSSR count). The number of hydrogen-bond donors (Lipinski definition) is 2. The molecule has 2 N–H and O–H groups in total. The van der Waals surface area contributed by atoms with Crippen LogP contribution in [0.1, 0.15) is 49.4 Å². The third-order valence-electron chi connectivity index (χ3n) is 5.56. The summed E-state index contributed by atoms with van der Waals surface area (Å²) >= 11 is 0. The van der Waals surface area contributed by atoms with Crippen LogP contribution >= 0.6 is 0 Å². The molecule has 2 aromatic carbocycles. The average Bonchev–Trinajstić information content (AvgIpc) is 3.21. The highest BCUT2D eigenvalue weighted by molar-refractivity contribution is 5.80. The number of amides is 1. The Kier molecular flexibility index (Phi) is 8.36. The fraction of sp³-hybridized carbons (Fsp3) is 0.440. The van der Waals surface area contributed by atoms with Crippen molar-refractivity contribution in [3.05, 3.63) is 59.2 Å². The van der Waals surface area contributed by atoms with E-state index in [1.807, 2.05) is 36.1 Å². The quantitative estimate of drug-likeness (QED) is 0.462. The second kappa shape index (κ2) is 11.4. The van der Waals surface area contributed by atoms with Gasteiger partial charge in [0.2, 0.25) is 5.91 Å². The Balaban J connectivity index is 1.70. The normalized spacial score (nSPS) is 14.9. The third kappa shape index (κ3) is 6.15. The third-order valence-corrected chi connectivity index (χ3v) is 5.56. The first-order chi connectivity index (χ1) is 15.5. The molecule has 0 aliphatic carbocycles. The van der Waals surface area contributed by atoms with E-state index in [-0.39, 0.29) is 11.9 Å². The van der Waals surface area contributed by atoms with E-state index in [9.17, 15) is 4.79 Å². The first kappa shape index (κ1) is 23.4. The van der Waals surface area contributed by atoms with Gasteiger partial charge in [-0.1, -0.05) is 24.3 Å². The number of ether oxygens (including phenoxy) is 2. The minimum absolute atomic E-state index is 0.0367. The van der Waals surface area contributed by atoms with Crippen LogP contribution < -0.4 is 20.1 Å². The van der Waals surface area contributed by atoms with Gasteiger partial charge >= 0.3 is 0 Å². The topological polar surface area (TPSA) is 75.2 Å². The molecular formula is C25H34N4O3. The zero-order valence-electron chi connectivity index (χ0n) is 19.5. The summed E-state index contributed by atoms with van der Waals surface area (Å²) in [5.41, 5.74) is 3.24. The Morgan fingerprint density at radius 2 is 1.97 bits per heavy atom. The summed E-state index contributed by atoms with van der Waals surface area (Å²) in [4.78, 5) is 18.6. The number of aliphatic imine (C=N–C) groups is 1. The molecule has 0 bridgehead atoms. The first-order valence-corrected chi connectivity index (χ1v) is 11.2. The molecule has 1 unspecified atom stereocenters. The number of nitrogens with zero attached hydrogens (tertiary/aromatic N) is 2. The molecule has 1 aliphatic rings. The van der Waals surface area contributed by atoms with E-state index >= 15 is 0 Å². The summed E-state index contributed by atoms with van der Waals surface area (Å²) in [7, 11) is 3.32. The van der Waals surface area contributed by atoms with Gasteiger partial charge in [0.05, 0.1) is 26.8 Å². The minimum Gasteiger partial charge on any atom is -0.497 e. The lowest BCUT2D eigenvalue weighted by Gasteiger charge is -2.21. The molecule has 1 heterocycles. The van der Waals surface area contributed by atoms with E-state index in [1.54, 1.807) is 14.2 Å². The molecule has 0 radical (unpaired) electrons. The zero-order valence-corrected chi connectivity index (χ0v) is 19.5. The van der Waals surface area contributed by atoms with E-state index in [0.29, 0.717) is 19.5 Å². The van der Waals surface area contributed by atoms with Crippen LogP contribution in [0.5, 0.6) is 11.5 Å². The second-order valence-corrected chi connectivity index (χ2v) is 7.91. The minimum atomic E-state index is -0.0367. The number of carbonyl (C=O) groups is 1. The molecule has 1 saturated heterocycles. The van der Waals surface area contributed by atoms with Crippen molar-refractivity contribution in [1.29, 1.82) is 0 Å². The van der Waals surface area contributed by atoms with Crippen molar-refractivity contribution in [1.82, 2.24) is 15.5 Å². The van der Waals surface area contributed by atoms with Gasteiger partial charge in [-0.2, -0.15) is 0 Å². The molecule has 0 saturated carbocycles. The lowest BCUT2D eigenvalue weighted by atomic mass is 10.1. The highest BCUT2D eigenvalue weighted by Crippen LogP contribution is 2.29. The Bertz CT molecular complexity index is 945. The van der Waals surface area contributed by atoms with Gasteiger partial charge in [-0.3, -0.25) is 4.79 Å². The van der Waals surface area contributed by atoms with Gasteiger partial charge in [-0.25, -0.2) is 4.99 Å². The summed E-state index contributed by atoms with van der Waals surface area (Å²) in [5, 5.41) is 6.77. The van der Waals surface area contributed by atoms with E-state index in [0.717, 1.165) is 53.7 Å². The lowest BCUT2D eigenvalue weighted by Crippen LogP contribution is -2.38. The molecule has 2 aromatic rings. The fourth-order valence-electron chi connectivity index (χ4n) is 3.87. The highest BCUT2D eigenvalue weighted by atomic mass is 16.5. The van der Waals surface area contributed by atoms with Crippen LogP contribution in [0.25, 0.3) is 0 Å². The van der Waals surface area contributed by atoms with Crippen LogP contribution in [-0.2, 0) is 17.9 Å². The van der Waals surface area contributed by atoms with Gasteiger partial charge < -0.3 is 25.0 Å².